The number of likely N-dealkylation sites (tertiary alicyclic amines) is 1. The maximum absolute atomic E-state index is 14.2. The molecule has 1 saturated heterocycles. The summed E-state index contributed by atoms with van der Waals surface area (Å²) in [4.78, 5) is 21.2. The minimum atomic E-state index is -0.743. The van der Waals surface area contributed by atoms with E-state index in [0.717, 1.165) is 23.1 Å². The Balaban J connectivity index is 1.67. The zero-order valence-electron chi connectivity index (χ0n) is 20.2. The molecule has 0 saturated carbocycles. The minimum Gasteiger partial charge on any atom is -0.421 e. The van der Waals surface area contributed by atoms with Crippen LogP contribution in [0.4, 0.5) is 8.78 Å². The second kappa shape index (κ2) is 9.31. The summed E-state index contributed by atoms with van der Waals surface area (Å²) in [5.41, 5.74) is 0.582. The number of halogens is 2. The molecular weight excluding hydrogens is 464 g/mol. The first-order valence-electron chi connectivity index (χ1n) is 12.0. The lowest BCUT2D eigenvalue weighted by Crippen LogP contribution is -2.60. The second-order valence-electron chi connectivity index (χ2n) is 9.53. The molecule has 2 aromatic carbocycles. The number of para-hydroxylation sites is 1. The Bertz CT molecular complexity index is 1420. The van der Waals surface area contributed by atoms with Gasteiger partial charge in [0, 0.05) is 24.9 Å². The van der Waals surface area contributed by atoms with Gasteiger partial charge in [-0.2, -0.15) is 4.98 Å². The van der Waals surface area contributed by atoms with E-state index in [9.17, 15) is 13.6 Å². The van der Waals surface area contributed by atoms with Crippen molar-refractivity contribution in [3.63, 3.8) is 0 Å². The summed E-state index contributed by atoms with van der Waals surface area (Å²) >= 11 is 0. The Morgan fingerprint density at radius 3 is 2.61 bits per heavy atom. The summed E-state index contributed by atoms with van der Waals surface area (Å²) < 4.78 is 36.5. The topological polar surface area (TPSA) is 72.8 Å². The summed E-state index contributed by atoms with van der Waals surface area (Å²) in [6, 6.07) is 15.8. The molecule has 5 rings (SSSR count). The van der Waals surface area contributed by atoms with E-state index in [0.29, 0.717) is 18.7 Å². The van der Waals surface area contributed by atoms with Gasteiger partial charge in [0.1, 0.15) is 11.4 Å². The maximum atomic E-state index is 14.2. The molecule has 0 radical (unpaired) electrons. The van der Waals surface area contributed by atoms with Crippen molar-refractivity contribution in [3.8, 4) is 11.8 Å². The Labute approximate surface area is 207 Å². The number of H-pyrrole nitrogens is 1. The number of rotatable bonds is 6. The number of aromatic nitrogens is 4. The number of nitrogens with one attached hydrogen (secondary N) is 1. The summed E-state index contributed by atoms with van der Waals surface area (Å²) in [7, 11) is 2.19. The SMILES string of the molecule is CC[N+]1(C)CCC(c2ccc(F)cc2)(n2ccc(=O)[nH]2)C(c2ccnc(Oc3ccccc3F)n2)C1. The third kappa shape index (κ3) is 4.30. The highest BCUT2D eigenvalue weighted by Gasteiger charge is 2.52. The third-order valence-electron chi connectivity index (χ3n) is 7.43. The summed E-state index contributed by atoms with van der Waals surface area (Å²) in [6.45, 7) is 4.59. The normalized spacial score (nSPS) is 23.9. The highest BCUT2D eigenvalue weighted by molar-refractivity contribution is 5.34. The van der Waals surface area contributed by atoms with Crippen molar-refractivity contribution in [1.29, 1.82) is 0 Å². The monoisotopic (exact) mass is 492 g/mol. The Morgan fingerprint density at radius 1 is 1.14 bits per heavy atom. The molecule has 0 bridgehead atoms. The smallest absolute Gasteiger partial charge is 0.322 e. The molecule has 7 nitrogen and oxygen atoms in total. The quantitative estimate of drug-likeness (QED) is 0.404. The van der Waals surface area contributed by atoms with Crippen LogP contribution in [0.3, 0.4) is 0 Å². The van der Waals surface area contributed by atoms with E-state index in [4.69, 9.17) is 9.72 Å². The maximum Gasteiger partial charge on any atom is 0.322 e. The molecule has 4 aromatic rings. The fourth-order valence-corrected chi connectivity index (χ4v) is 5.23. The standard InChI is InChI=1S/C27H27F2N5O2/c1-3-34(2)17-14-27(33-16-13-25(35)32-33,19-8-10-20(28)11-9-19)21(18-34)23-12-15-30-26(31-23)36-24-7-5-4-6-22(24)29/h4-13,15-16,21H,3,14,17-18H2,1-2H3/p+1. The van der Waals surface area contributed by atoms with Gasteiger partial charge in [0.25, 0.3) is 5.56 Å². The zero-order valence-corrected chi connectivity index (χ0v) is 20.2. The molecule has 9 heteroatoms. The van der Waals surface area contributed by atoms with Crippen molar-refractivity contribution in [2.75, 3.05) is 26.7 Å². The van der Waals surface area contributed by atoms with Crippen molar-refractivity contribution >= 4 is 0 Å². The van der Waals surface area contributed by atoms with Crippen molar-refractivity contribution in [1.82, 2.24) is 19.7 Å². The molecular formula is C27H28F2N5O2+. The molecule has 3 atom stereocenters. The molecule has 0 spiro atoms. The van der Waals surface area contributed by atoms with Gasteiger partial charge in [0.2, 0.25) is 0 Å². The second-order valence-corrected chi connectivity index (χ2v) is 9.53. The molecule has 36 heavy (non-hydrogen) atoms. The minimum absolute atomic E-state index is 0.0304. The number of aromatic amines is 1. The lowest BCUT2D eigenvalue weighted by molar-refractivity contribution is -0.915. The Morgan fingerprint density at radius 2 is 1.92 bits per heavy atom. The van der Waals surface area contributed by atoms with E-state index in [1.807, 2.05) is 10.7 Å². The van der Waals surface area contributed by atoms with E-state index in [1.165, 1.54) is 30.3 Å². The van der Waals surface area contributed by atoms with Gasteiger partial charge in [-0.05, 0) is 42.8 Å². The number of piperidine rings is 1. The number of nitrogens with zero attached hydrogens (tertiary/aromatic N) is 4. The van der Waals surface area contributed by atoms with Crippen LogP contribution in [0.1, 0.15) is 30.5 Å². The highest BCUT2D eigenvalue weighted by atomic mass is 19.1. The van der Waals surface area contributed by atoms with Crippen molar-refractivity contribution in [2.45, 2.75) is 24.8 Å². The molecule has 1 N–H and O–H groups in total. The van der Waals surface area contributed by atoms with Gasteiger partial charge in [-0.1, -0.05) is 24.3 Å². The van der Waals surface area contributed by atoms with Gasteiger partial charge in [-0.15, -0.1) is 0 Å². The number of ether oxygens (including phenoxy) is 1. The van der Waals surface area contributed by atoms with Gasteiger partial charge >= 0.3 is 6.01 Å². The Hall–Kier alpha value is -3.85. The van der Waals surface area contributed by atoms with E-state index >= 15 is 0 Å². The molecule has 1 fully saturated rings. The van der Waals surface area contributed by atoms with E-state index in [2.05, 4.69) is 24.1 Å². The first-order chi connectivity index (χ1) is 17.3. The van der Waals surface area contributed by atoms with Crippen LogP contribution in [0.5, 0.6) is 11.8 Å². The molecule has 3 unspecified atom stereocenters. The van der Waals surface area contributed by atoms with Crippen molar-refractivity contribution in [2.24, 2.45) is 0 Å². The number of hydrogen-bond acceptors (Lipinski definition) is 4. The van der Waals surface area contributed by atoms with Crippen LogP contribution < -0.4 is 10.3 Å². The van der Waals surface area contributed by atoms with Gasteiger partial charge in [-0.25, -0.2) is 13.8 Å². The van der Waals surface area contributed by atoms with Gasteiger partial charge < -0.3 is 9.22 Å². The molecule has 0 amide bonds. The number of likely N-dealkylation sites (N-methyl/N-ethyl adjacent to an activating group) is 1. The van der Waals surface area contributed by atoms with Gasteiger partial charge in [0.15, 0.2) is 11.6 Å². The predicted molar refractivity (Wildman–Crippen MR) is 131 cm³/mol. The fourth-order valence-electron chi connectivity index (χ4n) is 5.23. The van der Waals surface area contributed by atoms with Crippen LogP contribution in [0.25, 0.3) is 0 Å². The lowest BCUT2D eigenvalue weighted by atomic mass is 9.70. The van der Waals surface area contributed by atoms with Crippen LogP contribution in [-0.4, -0.2) is 50.9 Å². The van der Waals surface area contributed by atoms with Crippen molar-refractivity contribution in [3.05, 3.63) is 106 Å². The zero-order chi connectivity index (χ0) is 25.3. The number of quaternary nitrogens is 1. The van der Waals surface area contributed by atoms with Crippen molar-refractivity contribution < 1.29 is 18.0 Å². The van der Waals surface area contributed by atoms with Crippen LogP contribution in [0.15, 0.2) is 77.9 Å². The molecule has 1 aliphatic rings. The predicted octanol–water partition coefficient (Wildman–Crippen LogP) is 4.43. The molecule has 0 aliphatic carbocycles. The molecule has 186 valence electrons. The number of benzene rings is 2. The molecule has 2 aromatic heterocycles. The van der Waals surface area contributed by atoms with E-state index in [-0.39, 0.29) is 29.1 Å². The Kier molecular flexibility index (Phi) is 6.17. The summed E-state index contributed by atoms with van der Waals surface area (Å²) in [5.74, 6) is -1.05. The van der Waals surface area contributed by atoms with Crippen LogP contribution in [-0.2, 0) is 5.54 Å². The fraction of sp³-hybridized carbons (Fsp3) is 0.296. The lowest BCUT2D eigenvalue weighted by Gasteiger charge is -2.51. The first-order valence-corrected chi connectivity index (χ1v) is 12.0. The average molecular weight is 493 g/mol. The summed E-state index contributed by atoms with van der Waals surface area (Å²) in [6.07, 6.45) is 4.00. The largest absolute Gasteiger partial charge is 0.421 e. The number of hydrogen-bond donors (Lipinski definition) is 1. The highest BCUT2D eigenvalue weighted by Crippen LogP contribution is 2.47. The van der Waals surface area contributed by atoms with Gasteiger partial charge in [0.05, 0.1) is 38.3 Å². The van der Waals surface area contributed by atoms with Gasteiger partial charge in [-0.3, -0.25) is 14.6 Å². The van der Waals surface area contributed by atoms with Crippen LogP contribution in [0, 0.1) is 11.6 Å². The van der Waals surface area contributed by atoms with Crippen LogP contribution in [0.2, 0.25) is 0 Å². The molecule has 1 aliphatic heterocycles. The average Bonchev–Trinajstić information content (AvgIpc) is 3.33. The first kappa shape index (κ1) is 23.9. The van der Waals surface area contributed by atoms with Crippen LogP contribution >= 0.6 is 0 Å². The van der Waals surface area contributed by atoms with E-state index < -0.39 is 11.4 Å². The molecule has 3 heterocycles. The summed E-state index contributed by atoms with van der Waals surface area (Å²) in [5, 5.41) is 2.94. The van der Waals surface area contributed by atoms with E-state index in [1.54, 1.807) is 36.7 Å². The third-order valence-corrected chi connectivity index (χ3v) is 7.43.